The van der Waals surface area contributed by atoms with Crippen molar-refractivity contribution in [3.8, 4) is 11.4 Å². The number of amides is 4. The Morgan fingerprint density at radius 3 is 2.51 bits per heavy atom. The summed E-state index contributed by atoms with van der Waals surface area (Å²) in [6.45, 7) is 0.193. The summed E-state index contributed by atoms with van der Waals surface area (Å²) in [6, 6.07) is 13.5. The third-order valence-corrected chi connectivity index (χ3v) is 8.86. The van der Waals surface area contributed by atoms with Gasteiger partial charge in [0.25, 0.3) is 5.56 Å². The average Bonchev–Trinajstić information content (AvgIpc) is 3.48. The van der Waals surface area contributed by atoms with Gasteiger partial charge in [-0.15, -0.1) is 0 Å². The highest BCUT2D eigenvalue weighted by Gasteiger charge is 2.45. The lowest BCUT2D eigenvalue weighted by molar-refractivity contribution is -0.172. The molecule has 0 saturated heterocycles. The Bertz CT molecular complexity index is 2160. The number of hydrogen-bond acceptors (Lipinski definition) is 10. The smallest absolute Gasteiger partial charge is 0.343 e. The van der Waals surface area contributed by atoms with Crippen LogP contribution in [-0.4, -0.2) is 69.9 Å². The van der Waals surface area contributed by atoms with Gasteiger partial charge >= 0.3 is 5.97 Å². The number of cyclic esters (lactones) is 1. The van der Waals surface area contributed by atoms with Gasteiger partial charge in [0.2, 0.25) is 23.6 Å². The van der Waals surface area contributed by atoms with E-state index in [0.29, 0.717) is 22.3 Å². The van der Waals surface area contributed by atoms with Crippen molar-refractivity contribution in [2.75, 3.05) is 25.0 Å². The van der Waals surface area contributed by atoms with Crippen molar-refractivity contribution in [1.82, 2.24) is 25.5 Å². The fraction of sp³-hybridized carbons (Fsp3) is 0.286. The zero-order valence-electron chi connectivity index (χ0n) is 27.4. The molecular formula is C35H34FN7O8. The number of nitrogens with one attached hydrogen (secondary N) is 4. The third kappa shape index (κ3) is 6.91. The van der Waals surface area contributed by atoms with Crippen LogP contribution in [-0.2, 0) is 53.9 Å². The fourth-order valence-corrected chi connectivity index (χ4v) is 6.14. The van der Waals surface area contributed by atoms with Crippen molar-refractivity contribution in [1.29, 1.82) is 0 Å². The Kier molecular flexibility index (Phi) is 9.62. The molecule has 264 valence electrons. The monoisotopic (exact) mass is 699 g/mol. The molecule has 4 heterocycles. The molecule has 7 N–H and O–H groups in total. The van der Waals surface area contributed by atoms with Gasteiger partial charge in [-0.3, -0.25) is 24.0 Å². The molecule has 2 aromatic heterocycles. The number of halogens is 1. The van der Waals surface area contributed by atoms with Crippen molar-refractivity contribution in [3.05, 3.63) is 93.0 Å². The van der Waals surface area contributed by atoms with Gasteiger partial charge in [-0.05, 0) is 30.2 Å². The minimum atomic E-state index is -1.99. The first-order valence-corrected chi connectivity index (χ1v) is 16.1. The van der Waals surface area contributed by atoms with Crippen molar-refractivity contribution >= 4 is 46.2 Å². The zero-order valence-corrected chi connectivity index (χ0v) is 27.4. The molecular weight excluding hydrogens is 665 g/mol. The summed E-state index contributed by atoms with van der Waals surface area (Å²) in [6.07, 6.45) is 0.0793. The molecule has 0 radical (unpaired) electrons. The molecule has 2 aromatic carbocycles. The van der Waals surface area contributed by atoms with E-state index in [0.717, 1.165) is 11.6 Å². The lowest BCUT2D eigenvalue weighted by Gasteiger charge is -2.31. The number of esters is 1. The summed E-state index contributed by atoms with van der Waals surface area (Å²) >= 11 is 0. The molecule has 2 aliphatic heterocycles. The van der Waals surface area contributed by atoms with Crippen LogP contribution >= 0.6 is 0 Å². The number of carbonyl (C=O) groups excluding carboxylic acids is 5. The molecule has 0 fully saturated rings. The van der Waals surface area contributed by atoms with Crippen LogP contribution in [0, 0.1) is 5.82 Å². The highest BCUT2D eigenvalue weighted by atomic mass is 19.1. The SMILES string of the molecule is CC[C@@]1(O)C(=O)OCc2c1cc1n(c2=O)Cc2cc3cc(NC(=O)CNC(=O)C(Cc4ccccc4)NC(=O)CNC(=O)CN)c(F)cc3nc2-1. The number of aliphatic hydroxyl groups is 1. The van der Waals surface area contributed by atoms with Crippen LogP contribution in [0.1, 0.15) is 35.6 Å². The standard InChI is InChI=1S/C35H34FN7O8/c1-2-35(50)22-11-27-31-20(16-43(27)33(48)21(22)17-51-34(35)49)9-19-10-25(23(36)12-24(19)42-31)40-30(46)15-39-32(47)26(8-18-6-4-3-5-7-18)41-29(45)14-38-28(44)13-37/h3-7,9-12,26,50H,2,8,13-17,37H2,1H3,(H,38,44)(H,39,47)(H,40,46)(H,41,45)/t26?,35-/m0/s1. The van der Waals surface area contributed by atoms with Crippen molar-refractivity contribution in [2.24, 2.45) is 5.73 Å². The molecule has 4 aromatic rings. The molecule has 0 saturated carbocycles. The van der Waals surface area contributed by atoms with Crippen LogP contribution in [0.5, 0.6) is 0 Å². The molecule has 2 aliphatic rings. The van der Waals surface area contributed by atoms with Gasteiger partial charge < -0.3 is 41.4 Å². The largest absolute Gasteiger partial charge is 0.458 e. The van der Waals surface area contributed by atoms with Crippen LogP contribution in [0.15, 0.2) is 59.4 Å². The van der Waals surface area contributed by atoms with Crippen LogP contribution in [0.2, 0.25) is 0 Å². The normalized spacial score (nSPS) is 16.3. The first-order chi connectivity index (χ1) is 24.4. The maximum Gasteiger partial charge on any atom is 0.343 e. The molecule has 0 bridgehead atoms. The molecule has 4 amide bonds. The number of nitrogens with zero attached hydrogens (tertiary/aromatic N) is 2. The maximum atomic E-state index is 15.3. The van der Waals surface area contributed by atoms with Gasteiger partial charge in [-0.2, -0.15) is 0 Å². The van der Waals surface area contributed by atoms with E-state index in [1.54, 1.807) is 49.4 Å². The van der Waals surface area contributed by atoms with Crippen LogP contribution in [0.3, 0.4) is 0 Å². The number of carbonyl (C=O) groups is 5. The first kappa shape index (κ1) is 34.8. The summed E-state index contributed by atoms with van der Waals surface area (Å²) < 4.78 is 21.9. The molecule has 16 heteroatoms. The minimum Gasteiger partial charge on any atom is -0.458 e. The molecule has 0 aliphatic carbocycles. The summed E-state index contributed by atoms with van der Waals surface area (Å²) in [5, 5.41) is 21.3. The average molecular weight is 700 g/mol. The molecule has 0 spiro atoms. The van der Waals surface area contributed by atoms with Crippen LogP contribution < -0.4 is 32.6 Å². The lowest BCUT2D eigenvalue weighted by Crippen LogP contribution is -2.51. The highest BCUT2D eigenvalue weighted by molar-refractivity contribution is 5.98. The van der Waals surface area contributed by atoms with E-state index in [1.165, 1.54) is 10.6 Å². The summed E-state index contributed by atoms with van der Waals surface area (Å²) in [7, 11) is 0. The Hall–Kier alpha value is -6.00. The van der Waals surface area contributed by atoms with E-state index >= 15 is 4.39 Å². The maximum absolute atomic E-state index is 15.3. The van der Waals surface area contributed by atoms with E-state index in [4.69, 9.17) is 10.5 Å². The zero-order chi connectivity index (χ0) is 36.4. The van der Waals surface area contributed by atoms with Crippen LogP contribution in [0.4, 0.5) is 10.1 Å². The third-order valence-electron chi connectivity index (χ3n) is 8.86. The number of ether oxygens (including phenoxy) is 1. The van der Waals surface area contributed by atoms with Gasteiger partial charge in [-0.25, -0.2) is 14.2 Å². The number of hydrogen-bond donors (Lipinski definition) is 6. The summed E-state index contributed by atoms with van der Waals surface area (Å²) in [5.74, 6) is -4.28. The summed E-state index contributed by atoms with van der Waals surface area (Å²) in [4.78, 5) is 80.3. The van der Waals surface area contributed by atoms with Crippen molar-refractivity contribution in [2.45, 2.75) is 44.6 Å². The van der Waals surface area contributed by atoms with Gasteiger partial charge in [0.05, 0.1) is 54.3 Å². The Morgan fingerprint density at radius 2 is 1.78 bits per heavy atom. The lowest BCUT2D eigenvalue weighted by atomic mass is 9.86. The quantitative estimate of drug-likeness (QED) is 0.102. The van der Waals surface area contributed by atoms with E-state index in [2.05, 4.69) is 26.3 Å². The predicted octanol–water partition coefficient (Wildman–Crippen LogP) is 0.0758. The Balaban J connectivity index is 1.17. The predicted molar refractivity (Wildman–Crippen MR) is 180 cm³/mol. The second kappa shape index (κ2) is 14.1. The number of benzene rings is 2. The molecule has 15 nitrogen and oxygen atoms in total. The second-order valence-corrected chi connectivity index (χ2v) is 12.2. The fourth-order valence-electron chi connectivity index (χ4n) is 6.14. The van der Waals surface area contributed by atoms with Gasteiger partial charge in [0.1, 0.15) is 18.5 Å². The summed E-state index contributed by atoms with van der Waals surface area (Å²) in [5.41, 5.74) is 5.31. The van der Waals surface area contributed by atoms with Gasteiger partial charge in [0.15, 0.2) is 5.60 Å². The van der Waals surface area contributed by atoms with Gasteiger partial charge in [0, 0.05) is 29.0 Å². The molecule has 51 heavy (non-hydrogen) atoms. The van der Waals surface area contributed by atoms with Crippen molar-refractivity contribution in [3.63, 3.8) is 0 Å². The Labute approximate surface area is 289 Å². The number of anilines is 1. The topological polar surface area (TPSA) is 224 Å². The first-order valence-electron chi connectivity index (χ1n) is 16.1. The number of rotatable bonds is 11. The van der Waals surface area contributed by atoms with E-state index in [1.807, 2.05) is 0 Å². The van der Waals surface area contributed by atoms with Crippen LogP contribution in [0.25, 0.3) is 22.3 Å². The van der Waals surface area contributed by atoms with E-state index in [9.17, 15) is 33.9 Å². The second-order valence-electron chi connectivity index (χ2n) is 12.2. The minimum absolute atomic E-state index is 0.00946. The van der Waals surface area contributed by atoms with Gasteiger partial charge in [-0.1, -0.05) is 37.3 Å². The molecule has 6 rings (SSSR count). The molecule has 2 atom stereocenters. The number of aromatic nitrogens is 2. The molecule has 1 unspecified atom stereocenters. The number of nitrogens with two attached hydrogens (primary N) is 1. The number of pyridine rings is 2. The number of fused-ring (bicyclic) bond motifs is 5. The highest BCUT2D eigenvalue weighted by Crippen LogP contribution is 2.39. The van der Waals surface area contributed by atoms with E-state index in [-0.39, 0.29) is 54.9 Å². The van der Waals surface area contributed by atoms with E-state index < -0.39 is 65.7 Å². The Morgan fingerprint density at radius 1 is 1.04 bits per heavy atom. The van der Waals surface area contributed by atoms with Crippen molar-refractivity contribution < 1.29 is 38.2 Å².